The number of likely N-dealkylation sites (N-methyl/N-ethyl adjacent to an activating group) is 1. The molecule has 156 valence electrons. The van der Waals surface area contributed by atoms with Gasteiger partial charge in [0.05, 0.1) is 19.6 Å². The van der Waals surface area contributed by atoms with Gasteiger partial charge in [-0.25, -0.2) is 4.39 Å². The van der Waals surface area contributed by atoms with E-state index in [-0.39, 0.29) is 24.8 Å². The molecule has 2 amide bonds. The molecule has 0 radical (unpaired) electrons. The van der Waals surface area contributed by atoms with E-state index in [4.69, 9.17) is 16.0 Å². The first-order valence-corrected chi connectivity index (χ1v) is 9.62. The van der Waals surface area contributed by atoms with Crippen molar-refractivity contribution < 1.29 is 18.4 Å². The zero-order chi connectivity index (χ0) is 21.5. The van der Waals surface area contributed by atoms with Crippen molar-refractivity contribution in [1.82, 2.24) is 10.2 Å². The topological polar surface area (TPSA) is 74.6 Å². The molecule has 0 saturated carbocycles. The van der Waals surface area contributed by atoms with E-state index in [0.717, 1.165) is 11.3 Å². The molecule has 3 aromatic rings. The van der Waals surface area contributed by atoms with Gasteiger partial charge in [-0.2, -0.15) is 0 Å². The first kappa shape index (κ1) is 21.5. The summed E-state index contributed by atoms with van der Waals surface area (Å²) in [5.74, 6) is 0.356. The van der Waals surface area contributed by atoms with Gasteiger partial charge in [0.25, 0.3) is 0 Å². The number of nitrogens with one attached hydrogen (secondary N) is 2. The number of anilines is 1. The molecule has 6 nitrogen and oxygen atoms in total. The zero-order valence-corrected chi connectivity index (χ0v) is 17.1. The van der Waals surface area contributed by atoms with Crippen molar-refractivity contribution in [3.63, 3.8) is 0 Å². The molecule has 0 unspecified atom stereocenters. The molecule has 0 spiro atoms. The minimum atomic E-state index is -0.392. The van der Waals surface area contributed by atoms with E-state index in [1.807, 2.05) is 24.3 Å². The van der Waals surface area contributed by atoms with Crippen molar-refractivity contribution in [3.05, 3.63) is 77.3 Å². The predicted octanol–water partition coefficient (Wildman–Crippen LogP) is 3.93. The Bertz CT molecular complexity index is 1000. The Labute approximate surface area is 178 Å². The highest BCUT2D eigenvalue weighted by Crippen LogP contribution is 2.24. The van der Waals surface area contributed by atoms with Gasteiger partial charge in [-0.15, -0.1) is 0 Å². The normalized spacial score (nSPS) is 10.8. The van der Waals surface area contributed by atoms with Crippen molar-refractivity contribution in [3.8, 4) is 11.3 Å². The first-order valence-electron chi connectivity index (χ1n) is 9.24. The van der Waals surface area contributed by atoms with Gasteiger partial charge in [-0.1, -0.05) is 11.6 Å². The molecule has 0 fully saturated rings. The fraction of sp³-hybridized carbons (Fsp3) is 0.182. The van der Waals surface area contributed by atoms with Gasteiger partial charge in [0, 0.05) is 16.3 Å². The lowest BCUT2D eigenvalue weighted by Crippen LogP contribution is -2.39. The van der Waals surface area contributed by atoms with Gasteiger partial charge >= 0.3 is 0 Å². The molecule has 8 heteroatoms. The van der Waals surface area contributed by atoms with Crippen LogP contribution in [-0.4, -0.2) is 36.9 Å². The maximum Gasteiger partial charge on any atom is 0.243 e. The molecule has 2 aromatic carbocycles. The van der Waals surface area contributed by atoms with Gasteiger partial charge in [-0.3, -0.25) is 14.5 Å². The average molecular weight is 430 g/mol. The van der Waals surface area contributed by atoms with Crippen molar-refractivity contribution >= 4 is 29.1 Å². The Morgan fingerprint density at radius 2 is 1.70 bits per heavy atom. The molecular formula is C22H21ClFN3O3. The molecule has 2 N–H and O–H groups in total. The summed E-state index contributed by atoms with van der Waals surface area (Å²) in [5.41, 5.74) is 1.38. The number of furan rings is 1. The van der Waals surface area contributed by atoms with Gasteiger partial charge in [-0.05, 0) is 67.7 Å². The number of nitrogens with zero attached hydrogens (tertiary/aromatic N) is 1. The van der Waals surface area contributed by atoms with Gasteiger partial charge in [0.2, 0.25) is 11.8 Å². The molecule has 0 aliphatic carbocycles. The molecule has 0 aliphatic heterocycles. The minimum absolute atomic E-state index is 0.0980. The van der Waals surface area contributed by atoms with Crippen molar-refractivity contribution in [1.29, 1.82) is 0 Å². The molecule has 1 heterocycles. The summed E-state index contributed by atoms with van der Waals surface area (Å²) >= 11 is 5.90. The second-order valence-corrected chi connectivity index (χ2v) is 7.21. The van der Waals surface area contributed by atoms with Crippen molar-refractivity contribution in [2.75, 3.05) is 25.5 Å². The molecule has 0 saturated heterocycles. The summed E-state index contributed by atoms with van der Waals surface area (Å²) in [7, 11) is 1.78. The predicted molar refractivity (Wildman–Crippen MR) is 114 cm³/mol. The molecule has 0 atom stereocenters. The van der Waals surface area contributed by atoms with Crippen LogP contribution in [0.25, 0.3) is 11.3 Å². The Hall–Kier alpha value is -3.16. The van der Waals surface area contributed by atoms with Crippen LogP contribution in [0.3, 0.4) is 0 Å². The number of carbonyl (C=O) groups excluding carboxylic acids is 2. The fourth-order valence-corrected chi connectivity index (χ4v) is 2.90. The van der Waals surface area contributed by atoms with Crippen LogP contribution >= 0.6 is 11.6 Å². The van der Waals surface area contributed by atoms with Crippen LogP contribution in [0.4, 0.5) is 10.1 Å². The third kappa shape index (κ3) is 6.43. The number of hydrogen-bond acceptors (Lipinski definition) is 4. The van der Waals surface area contributed by atoms with Gasteiger partial charge < -0.3 is 15.1 Å². The third-order valence-corrected chi connectivity index (χ3v) is 4.46. The minimum Gasteiger partial charge on any atom is -0.460 e. The Morgan fingerprint density at radius 3 is 2.40 bits per heavy atom. The summed E-state index contributed by atoms with van der Waals surface area (Å²) < 4.78 is 18.7. The Kier molecular flexibility index (Phi) is 7.21. The molecular weight excluding hydrogens is 409 g/mol. The number of hydrogen-bond donors (Lipinski definition) is 2. The molecule has 1 aromatic heterocycles. The first-order chi connectivity index (χ1) is 14.4. The summed E-state index contributed by atoms with van der Waals surface area (Å²) in [4.78, 5) is 25.7. The molecule has 0 aliphatic rings. The number of amides is 2. The Morgan fingerprint density at radius 1 is 1.00 bits per heavy atom. The van der Waals surface area contributed by atoms with Crippen LogP contribution in [0.1, 0.15) is 5.76 Å². The van der Waals surface area contributed by atoms with E-state index >= 15 is 0 Å². The number of rotatable bonds is 8. The molecule has 0 bridgehead atoms. The molecule has 3 rings (SSSR count). The van der Waals surface area contributed by atoms with Crippen LogP contribution in [0.2, 0.25) is 5.02 Å². The highest BCUT2D eigenvalue weighted by Gasteiger charge is 2.12. The smallest absolute Gasteiger partial charge is 0.243 e. The quantitative estimate of drug-likeness (QED) is 0.569. The highest BCUT2D eigenvalue weighted by molar-refractivity contribution is 6.30. The standard InChI is InChI=1S/C22H21ClFN3O3/c1-27(13-19-10-11-20(30-19)15-2-4-16(23)5-3-15)14-22(29)25-12-21(28)26-18-8-6-17(24)7-9-18/h2-11H,12-14H2,1H3,(H,25,29)(H,26,28). The molecule has 30 heavy (non-hydrogen) atoms. The van der Waals surface area contributed by atoms with Crippen LogP contribution in [-0.2, 0) is 16.1 Å². The maximum absolute atomic E-state index is 12.9. The van der Waals surface area contributed by atoms with E-state index in [9.17, 15) is 14.0 Å². The van der Waals surface area contributed by atoms with E-state index in [1.165, 1.54) is 24.3 Å². The van der Waals surface area contributed by atoms with Crippen LogP contribution in [0.15, 0.2) is 65.1 Å². The third-order valence-electron chi connectivity index (χ3n) is 4.20. The largest absolute Gasteiger partial charge is 0.460 e. The average Bonchev–Trinajstić information content (AvgIpc) is 3.17. The maximum atomic E-state index is 12.9. The number of carbonyl (C=O) groups is 2. The lowest BCUT2D eigenvalue weighted by atomic mass is 10.2. The van der Waals surface area contributed by atoms with E-state index < -0.39 is 5.91 Å². The summed E-state index contributed by atoms with van der Waals surface area (Å²) in [5, 5.41) is 5.79. The van der Waals surface area contributed by atoms with Crippen molar-refractivity contribution in [2.45, 2.75) is 6.54 Å². The van der Waals surface area contributed by atoms with Crippen LogP contribution in [0, 0.1) is 5.82 Å². The summed E-state index contributed by atoms with van der Waals surface area (Å²) in [6, 6.07) is 16.4. The monoisotopic (exact) mass is 429 g/mol. The van der Waals surface area contributed by atoms with Gasteiger partial charge in [0.1, 0.15) is 17.3 Å². The zero-order valence-electron chi connectivity index (χ0n) is 16.3. The van der Waals surface area contributed by atoms with Crippen molar-refractivity contribution in [2.24, 2.45) is 0 Å². The number of benzene rings is 2. The summed E-state index contributed by atoms with van der Waals surface area (Å²) in [6.45, 7) is 0.356. The van der Waals surface area contributed by atoms with E-state index in [0.29, 0.717) is 23.0 Å². The SMILES string of the molecule is CN(CC(=O)NCC(=O)Nc1ccc(F)cc1)Cc1ccc(-c2ccc(Cl)cc2)o1. The lowest BCUT2D eigenvalue weighted by Gasteiger charge is -2.15. The van der Waals surface area contributed by atoms with Gasteiger partial charge in [0.15, 0.2) is 0 Å². The van der Waals surface area contributed by atoms with Crippen LogP contribution < -0.4 is 10.6 Å². The van der Waals surface area contributed by atoms with Crippen LogP contribution in [0.5, 0.6) is 0 Å². The highest BCUT2D eigenvalue weighted by atomic mass is 35.5. The summed E-state index contributed by atoms with van der Waals surface area (Å²) in [6.07, 6.45) is 0. The van der Waals surface area contributed by atoms with E-state index in [1.54, 1.807) is 24.1 Å². The second-order valence-electron chi connectivity index (χ2n) is 6.78. The van der Waals surface area contributed by atoms with E-state index in [2.05, 4.69) is 10.6 Å². The number of halogens is 2. The second kappa shape index (κ2) is 10.0. The fourth-order valence-electron chi connectivity index (χ4n) is 2.77. The lowest BCUT2D eigenvalue weighted by molar-refractivity contribution is -0.124. The Balaban J connectivity index is 1.42.